The van der Waals surface area contributed by atoms with Crippen LogP contribution in [0.15, 0.2) is 30.3 Å². The predicted octanol–water partition coefficient (Wildman–Crippen LogP) is 6.07. The van der Waals surface area contributed by atoms with Crippen LogP contribution in [0.1, 0.15) is 72.9 Å². The summed E-state index contributed by atoms with van der Waals surface area (Å²) in [7, 11) is -2.27. The third-order valence-corrected chi connectivity index (χ3v) is 12.2. The lowest BCUT2D eigenvalue weighted by Gasteiger charge is -2.51. The number of amides is 2. The molecule has 2 rings (SSSR count). The molecule has 1 fully saturated rings. The Morgan fingerprint density at radius 1 is 1.03 bits per heavy atom. The van der Waals surface area contributed by atoms with Crippen LogP contribution in [0, 0.1) is 0 Å². The number of nitrogens with zero attached hydrogens (tertiary/aromatic N) is 1. The van der Waals surface area contributed by atoms with E-state index >= 15 is 0 Å². The van der Waals surface area contributed by atoms with Gasteiger partial charge in [-0.25, -0.2) is 9.69 Å². The summed E-state index contributed by atoms with van der Waals surface area (Å²) in [6.07, 6.45) is 0.520. The molecule has 0 radical (unpaired) electrons. The van der Waals surface area contributed by atoms with E-state index in [4.69, 9.17) is 9.16 Å². The van der Waals surface area contributed by atoms with E-state index in [1.807, 2.05) is 37.3 Å². The minimum atomic E-state index is -2.27. The topological polar surface area (TPSA) is 55.8 Å². The molecule has 1 heterocycles. The number of carbonyl (C=O) groups is 2. The SMILES string of the molecule is CCCCOC(=O)N1C(=O)[C@H](O[Si](C(C)C)(C(C)C)C(C)C)[C@@H]1c1ccccc1. The molecule has 1 aromatic rings. The van der Waals surface area contributed by atoms with E-state index in [1.54, 1.807) is 0 Å². The molecule has 0 bridgehead atoms. The molecule has 6 heteroatoms. The summed E-state index contributed by atoms with van der Waals surface area (Å²) in [5.74, 6) is -0.279. The van der Waals surface area contributed by atoms with Crippen LogP contribution >= 0.6 is 0 Å². The first-order chi connectivity index (χ1) is 13.7. The van der Waals surface area contributed by atoms with E-state index in [0.29, 0.717) is 23.2 Å². The van der Waals surface area contributed by atoms with Crippen LogP contribution in [-0.2, 0) is 14.0 Å². The molecule has 162 valence electrons. The smallest absolute Gasteiger partial charge is 0.417 e. The van der Waals surface area contributed by atoms with Crippen molar-refractivity contribution in [3.05, 3.63) is 35.9 Å². The third-order valence-electron chi connectivity index (χ3n) is 6.15. The van der Waals surface area contributed by atoms with Gasteiger partial charge in [0.25, 0.3) is 5.91 Å². The van der Waals surface area contributed by atoms with Crippen molar-refractivity contribution in [2.75, 3.05) is 6.61 Å². The molecular weight excluding hydrogens is 382 g/mol. The molecule has 1 aliphatic heterocycles. The average molecular weight is 420 g/mol. The Morgan fingerprint density at radius 3 is 2.07 bits per heavy atom. The molecule has 29 heavy (non-hydrogen) atoms. The molecule has 0 spiro atoms. The van der Waals surface area contributed by atoms with Gasteiger partial charge in [0.05, 0.1) is 6.61 Å². The van der Waals surface area contributed by atoms with Crippen LogP contribution in [0.25, 0.3) is 0 Å². The number of imide groups is 1. The average Bonchev–Trinajstić information content (AvgIpc) is 2.66. The second-order valence-corrected chi connectivity index (χ2v) is 14.3. The summed E-state index contributed by atoms with van der Waals surface area (Å²) < 4.78 is 12.1. The van der Waals surface area contributed by atoms with Crippen molar-refractivity contribution in [2.24, 2.45) is 0 Å². The van der Waals surface area contributed by atoms with Crippen molar-refractivity contribution >= 4 is 20.3 Å². The highest BCUT2D eigenvalue weighted by Gasteiger charge is 2.58. The first kappa shape index (κ1) is 23.6. The van der Waals surface area contributed by atoms with Crippen molar-refractivity contribution in [1.29, 1.82) is 0 Å². The first-order valence-electron chi connectivity index (χ1n) is 10.9. The van der Waals surface area contributed by atoms with Crippen LogP contribution < -0.4 is 0 Å². The van der Waals surface area contributed by atoms with Crippen molar-refractivity contribution in [3.63, 3.8) is 0 Å². The summed E-state index contributed by atoms with van der Waals surface area (Å²) in [6, 6.07) is 9.24. The summed E-state index contributed by atoms with van der Waals surface area (Å²) >= 11 is 0. The fourth-order valence-corrected chi connectivity index (χ4v) is 10.2. The van der Waals surface area contributed by atoms with Gasteiger partial charge in [-0.05, 0) is 28.6 Å². The maximum absolute atomic E-state index is 13.1. The molecular formula is C23H37NO4Si. The van der Waals surface area contributed by atoms with Gasteiger partial charge in [-0.3, -0.25) is 4.79 Å². The number of ether oxygens (including phenoxy) is 1. The molecule has 0 aliphatic carbocycles. The van der Waals surface area contributed by atoms with Crippen LogP contribution in [0.5, 0.6) is 0 Å². The molecule has 2 atom stereocenters. The Kier molecular flexibility index (Phi) is 8.06. The minimum Gasteiger partial charge on any atom is -0.449 e. The summed E-state index contributed by atoms with van der Waals surface area (Å²) in [4.78, 5) is 27.0. The number of rotatable bonds is 9. The highest BCUT2D eigenvalue weighted by atomic mass is 28.4. The van der Waals surface area contributed by atoms with E-state index in [0.717, 1.165) is 18.4 Å². The van der Waals surface area contributed by atoms with Crippen LogP contribution in [0.4, 0.5) is 4.79 Å². The molecule has 2 amide bonds. The van der Waals surface area contributed by atoms with Gasteiger partial charge in [-0.1, -0.05) is 85.2 Å². The highest BCUT2D eigenvalue weighted by Crippen LogP contribution is 2.47. The second-order valence-electron chi connectivity index (χ2n) is 8.89. The molecule has 1 aliphatic rings. The number of β-lactam (4-membered cyclic amide) rings is 1. The monoisotopic (exact) mass is 419 g/mol. The summed E-state index contributed by atoms with van der Waals surface area (Å²) in [6.45, 7) is 15.6. The predicted molar refractivity (Wildman–Crippen MR) is 118 cm³/mol. The zero-order valence-corrected chi connectivity index (χ0v) is 20.0. The van der Waals surface area contributed by atoms with Crippen LogP contribution in [0.3, 0.4) is 0 Å². The lowest BCUT2D eigenvalue weighted by atomic mass is 9.91. The van der Waals surface area contributed by atoms with Crippen LogP contribution in [0.2, 0.25) is 16.6 Å². The maximum Gasteiger partial charge on any atom is 0.417 e. The van der Waals surface area contributed by atoms with E-state index in [9.17, 15) is 9.59 Å². The number of hydrogen-bond donors (Lipinski definition) is 0. The Bertz CT molecular complexity index is 668. The van der Waals surface area contributed by atoms with Crippen molar-refractivity contribution < 1.29 is 18.8 Å². The Balaban J connectivity index is 2.35. The Hall–Kier alpha value is -1.66. The van der Waals surface area contributed by atoms with E-state index in [1.165, 1.54) is 4.90 Å². The number of hydrogen-bond acceptors (Lipinski definition) is 4. The largest absolute Gasteiger partial charge is 0.449 e. The van der Waals surface area contributed by atoms with Gasteiger partial charge in [-0.2, -0.15) is 0 Å². The lowest BCUT2D eigenvalue weighted by molar-refractivity contribution is -0.161. The Morgan fingerprint density at radius 2 is 1.59 bits per heavy atom. The molecule has 1 aromatic carbocycles. The third kappa shape index (κ3) is 4.58. The van der Waals surface area contributed by atoms with Crippen molar-refractivity contribution in [2.45, 2.75) is 90.1 Å². The first-order valence-corrected chi connectivity index (χ1v) is 13.0. The van der Waals surface area contributed by atoms with Gasteiger partial charge in [0.1, 0.15) is 6.04 Å². The van der Waals surface area contributed by atoms with E-state index in [-0.39, 0.29) is 5.91 Å². The van der Waals surface area contributed by atoms with Crippen molar-refractivity contribution in [3.8, 4) is 0 Å². The fourth-order valence-electron chi connectivity index (χ4n) is 4.76. The number of unbranched alkanes of at least 4 members (excludes halogenated alkanes) is 1. The van der Waals surface area contributed by atoms with E-state index in [2.05, 4.69) is 41.5 Å². The Labute approximate surface area is 176 Å². The molecule has 0 saturated carbocycles. The van der Waals surface area contributed by atoms with E-state index < -0.39 is 26.6 Å². The van der Waals surface area contributed by atoms with Crippen molar-refractivity contribution in [1.82, 2.24) is 4.90 Å². The van der Waals surface area contributed by atoms with Gasteiger partial charge >= 0.3 is 6.09 Å². The zero-order chi connectivity index (χ0) is 21.8. The maximum atomic E-state index is 13.1. The van der Waals surface area contributed by atoms with Gasteiger partial charge in [0, 0.05) is 0 Å². The minimum absolute atomic E-state index is 0.279. The number of carbonyl (C=O) groups excluding carboxylic acids is 2. The van der Waals surface area contributed by atoms with Crippen LogP contribution in [-0.4, -0.2) is 37.9 Å². The fraction of sp³-hybridized carbons (Fsp3) is 0.652. The molecule has 0 unspecified atom stereocenters. The highest BCUT2D eigenvalue weighted by molar-refractivity contribution is 6.77. The second kappa shape index (κ2) is 9.89. The van der Waals surface area contributed by atoms with Gasteiger partial charge in [0.15, 0.2) is 6.10 Å². The zero-order valence-electron chi connectivity index (χ0n) is 19.0. The molecule has 0 N–H and O–H groups in total. The van der Waals surface area contributed by atoms with Gasteiger partial charge < -0.3 is 9.16 Å². The normalized spacial score (nSPS) is 19.8. The summed E-state index contributed by atoms with van der Waals surface area (Å²) in [5.41, 5.74) is 1.98. The number of benzene rings is 1. The van der Waals surface area contributed by atoms with Gasteiger partial charge in [-0.15, -0.1) is 0 Å². The molecule has 1 saturated heterocycles. The quantitative estimate of drug-likeness (QED) is 0.277. The lowest BCUT2D eigenvalue weighted by Crippen LogP contribution is -2.66. The summed E-state index contributed by atoms with van der Waals surface area (Å²) in [5, 5.41) is 0. The van der Waals surface area contributed by atoms with Gasteiger partial charge in [0.2, 0.25) is 8.32 Å². The molecule has 0 aromatic heterocycles. The number of likely N-dealkylation sites (tertiary alicyclic amines) is 1. The standard InChI is InChI=1S/C23H37NO4Si/c1-8-9-15-27-23(26)24-20(19-13-11-10-12-14-19)21(22(24)25)28-29(16(2)3,17(4)5)18(6)7/h10-14,16-18,20-21H,8-9,15H2,1-7H3/t20-,21+/m0/s1. The molecule has 5 nitrogen and oxygen atoms in total.